The predicted octanol–water partition coefficient (Wildman–Crippen LogP) is 1.50. The summed E-state index contributed by atoms with van der Waals surface area (Å²) in [6.07, 6.45) is 6.98. The number of rotatable bonds is 3. The van der Waals surface area contributed by atoms with Crippen LogP contribution in [0.15, 0.2) is 0 Å². The third kappa shape index (κ3) is 3.11. The van der Waals surface area contributed by atoms with E-state index in [-0.39, 0.29) is 0 Å². The van der Waals surface area contributed by atoms with Crippen molar-refractivity contribution in [2.24, 2.45) is 11.7 Å². The van der Waals surface area contributed by atoms with Crippen molar-refractivity contribution in [3.05, 3.63) is 0 Å². The van der Waals surface area contributed by atoms with Crippen LogP contribution in [0.25, 0.3) is 0 Å². The molecule has 0 aliphatic heterocycles. The van der Waals surface area contributed by atoms with Crippen molar-refractivity contribution in [3.63, 3.8) is 0 Å². The van der Waals surface area contributed by atoms with Crippen LogP contribution in [0.2, 0.25) is 0 Å². The van der Waals surface area contributed by atoms with Crippen molar-refractivity contribution in [1.82, 2.24) is 5.32 Å². The molecule has 0 saturated heterocycles. The molecule has 0 heterocycles. The summed E-state index contributed by atoms with van der Waals surface area (Å²) in [6.45, 7) is 4.11. The summed E-state index contributed by atoms with van der Waals surface area (Å²) < 4.78 is 0. The van der Waals surface area contributed by atoms with Gasteiger partial charge in [-0.15, -0.1) is 0 Å². The van der Waals surface area contributed by atoms with Gasteiger partial charge in [0.2, 0.25) is 0 Å². The average Bonchev–Trinajstić information content (AvgIpc) is 2.27. The topological polar surface area (TPSA) is 38.0 Å². The van der Waals surface area contributed by atoms with Gasteiger partial charge in [0.05, 0.1) is 0 Å². The van der Waals surface area contributed by atoms with E-state index in [1.165, 1.54) is 32.1 Å². The maximum Gasteiger partial charge on any atom is 0.00932 e. The van der Waals surface area contributed by atoms with E-state index in [9.17, 15) is 0 Å². The van der Waals surface area contributed by atoms with Crippen LogP contribution < -0.4 is 11.1 Å². The van der Waals surface area contributed by atoms with Crippen LogP contribution in [0.5, 0.6) is 0 Å². The minimum absolute atomic E-state index is 0.732. The highest BCUT2D eigenvalue weighted by Gasteiger charge is 2.18. The minimum Gasteiger partial charge on any atom is -0.329 e. The fourth-order valence-corrected chi connectivity index (χ4v) is 2.07. The monoisotopic (exact) mass is 170 g/mol. The van der Waals surface area contributed by atoms with Gasteiger partial charge in [0.1, 0.15) is 0 Å². The molecular weight excluding hydrogens is 148 g/mol. The van der Waals surface area contributed by atoms with Crippen molar-refractivity contribution in [2.45, 2.75) is 45.1 Å². The summed E-state index contributed by atoms with van der Waals surface area (Å²) in [5, 5.41) is 3.54. The molecule has 0 aromatic heterocycles. The smallest absolute Gasteiger partial charge is 0.00932 e. The highest BCUT2D eigenvalue weighted by molar-refractivity contribution is 4.76. The maximum atomic E-state index is 5.47. The molecule has 1 aliphatic rings. The summed E-state index contributed by atoms with van der Waals surface area (Å²) in [5.41, 5.74) is 5.47. The highest BCUT2D eigenvalue weighted by atomic mass is 14.9. The van der Waals surface area contributed by atoms with E-state index in [0.717, 1.165) is 25.0 Å². The lowest BCUT2D eigenvalue weighted by Gasteiger charge is -2.22. The number of hydrogen-bond donors (Lipinski definition) is 2. The Morgan fingerprint density at radius 3 is 2.75 bits per heavy atom. The lowest BCUT2D eigenvalue weighted by atomic mass is 9.97. The molecule has 2 nitrogen and oxygen atoms in total. The van der Waals surface area contributed by atoms with Gasteiger partial charge >= 0.3 is 0 Å². The zero-order chi connectivity index (χ0) is 8.81. The summed E-state index contributed by atoms with van der Waals surface area (Å²) >= 11 is 0. The van der Waals surface area contributed by atoms with Gasteiger partial charge < -0.3 is 11.1 Å². The molecule has 2 unspecified atom stereocenters. The van der Waals surface area contributed by atoms with E-state index in [1.807, 2.05) is 0 Å². The normalized spacial score (nSPS) is 31.5. The van der Waals surface area contributed by atoms with Gasteiger partial charge in [-0.2, -0.15) is 0 Å². The van der Waals surface area contributed by atoms with E-state index in [0.29, 0.717) is 0 Å². The van der Waals surface area contributed by atoms with E-state index in [2.05, 4.69) is 12.2 Å². The van der Waals surface area contributed by atoms with E-state index < -0.39 is 0 Å². The van der Waals surface area contributed by atoms with Crippen molar-refractivity contribution < 1.29 is 0 Å². The van der Waals surface area contributed by atoms with Gasteiger partial charge in [0, 0.05) is 19.1 Å². The van der Waals surface area contributed by atoms with Crippen LogP contribution in [0.3, 0.4) is 0 Å². The van der Waals surface area contributed by atoms with Crippen molar-refractivity contribution in [3.8, 4) is 0 Å². The molecule has 0 aromatic rings. The van der Waals surface area contributed by atoms with Gasteiger partial charge in [0.25, 0.3) is 0 Å². The van der Waals surface area contributed by atoms with Crippen LogP contribution in [0.4, 0.5) is 0 Å². The van der Waals surface area contributed by atoms with Gasteiger partial charge in [-0.05, 0) is 18.8 Å². The molecule has 1 saturated carbocycles. The largest absolute Gasteiger partial charge is 0.329 e. The first kappa shape index (κ1) is 10.0. The molecule has 0 aromatic carbocycles. The van der Waals surface area contributed by atoms with E-state index in [4.69, 9.17) is 5.73 Å². The molecule has 2 heteroatoms. The molecule has 1 rings (SSSR count). The van der Waals surface area contributed by atoms with Crippen LogP contribution in [-0.4, -0.2) is 19.1 Å². The Kier molecular flexibility index (Phi) is 4.62. The second-order valence-electron chi connectivity index (χ2n) is 3.96. The Morgan fingerprint density at radius 1 is 1.25 bits per heavy atom. The predicted molar refractivity (Wildman–Crippen MR) is 53.1 cm³/mol. The van der Waals surface area contributed by atoms with Gasteiger partial charge in [-0.1, -0.05) is 26.2 Å². The van der Waals surface area contributed by atoms with E-state index >= 15 is 0 Å². The molecule has 12 heavy (non-hydrogen) atoms. The average molecular weight is 170 g/mol. The molecule has 0 amide bonds. The Hall–Kier alpha value is -0.0800. The molecule has 1 fully saturated rings. The third-order valence-corrected chi connectivity index (χ3v) is 2.91. The minimum atomic E-state index is 0.732. The maximum absolute atomic E-state index is 5.47. The van der Waals surface area contributed by atoms with Gasteiger partial charge in [-0.3, -0.25) is 0 Å². The van der Waals surface area contributed by atoms with Crippen molar-refractivity contribution in [1.29, 1.82) is 0 Å². The quantitative estimate of drug-likeness (QED) is 0.630. The van der Waals surface area contributed by atoms with Crippen LogP contribution in [0.1, 0.15) is 39.0 Å². The summed E-state index contributed by atoms with van der Waals surface area (Å²) in [6, 6.07) is 0.732. The molecule has 0 bridgehead atoms. The number of nitrogens with one attached hydrogen (secondary N) is 1. The lowest BCUT2D eigenvalue weighted by molar-refractivity contribution is 0.361. The van der Waals surface area contributed by atoms with Crippen LogP contribution >= 0.6 is 0 Å². The molecule has 1 aliphatic carbocycles. The fourth-order valence-electron chi connectivity index (χ4n) is 2.07. The Bertz CT molecular complexity index is 114. The second kappa shape index (κ2) is 5.55. The van der Waals surface area contributed by atoms with E-state index in [1.54, 1.807) is 0 Å². The summed E-state index contributed by atoms with van der Waals surface area (Å²) in [4.78, 5) is 0. The lowest BCUT2D eigenvalue weighted by Crippen LogP contribution is -2.37. The van der Waals surface area contributed by atoms with Crippen LogP contribution in [0, 0.1) is 5.92 Å². The SMILES string of the molecule is CC1CCCCCC1NCCN. The molecule has 0 radical (unpaired) electrons. The summed E-state index contributed by atoms with van der Waals surface area (Å²) in [5.74, 6) is 0.846. The third-order valence-electron chi connectivity index (χ3n) is 2.91. The second-order valence-corrected chi connectivity index (χ2v) is 3.96. The van der Waals surface area contributed by atoms with Crippen LogP contribution in [-0.2, 0) is 0 Å². The van der Waals surface area contributed by atoms with Crippen molar-refractivity contribution >= 4 is 0 Å². The Labute approximate surface area is 75.9 Å². The molecular formula is C10H22N2. The Morgan fingerprint density at radius 2 is 2.00 bits per heavy atom. The Balaban J connectivity index is 2.26. The van der Waals surface area contributed by atoms with Gasteiger partial charge in [-0.25, -0.2) is 0 Å². The molecule has 72 valence electrons. The first-order chi connectivity index (χ1) is 5.84. The molecule has 3 N–H and O–H groups in total. The zero-order valence-electron chi connectivity index (χ0n) is 8.18. The fraction of sp³-hybridized carbons (Fsp3) is 1.00. The highest BCUT2D eigenvalue weighted by Crippen LogP contribution is 2.22. The molecule has 0 spiro atoms. The van der Waals surface area contributed by atoms with Gasteiger partial charge in [0.15, 0.2) is 0 Å². The standard InChI is InChI=1S/C10H22N2/c1-9-5-3-2-4-6-10(9)12-8-7-11/h9-10,12H,2-8,11H2,1H3. The first-order valence-electron chi connectivity index (χ1n) is 5.28. The van der Waals surface area contributed by atoms with Crippen molar-refractivity contribution in [2.75, 3.05) is 13.1 Å². The number of hydrogen-bond acceptors (Lipinski definition) is 2. The first-order valence-corrected chi connectivity index (χ1v) is 5.28. The number of nitrogens with two attached hydrogens (primary N) is 1. The summed E-state index contributed by atoms with van der Waals surface area (Å²) in [7, 11) is 0. The zero-order valence-corrected chi connectivity index (χ0v) is 8.18. The molecule has 2 atom stereocenters.